The molecule has 2 rings (SSSR count). The first-order chi connectivity index (χ1) is 7.77. The molecule has 1 N–H and O–H groups in total. The maximum Gasteiger partial charge on any atom is 0.166 e. The van der Waals surface area contributed by atoms with E-state index >= 15 is 0 Å². The highest BCUT2D eigenvalue weighted by atomic mass is 16.1. The van der Waals surface area contributed by atoms with Gasteiger partial charge in [0.05, 0.1) is 0 Å². The Morgan fingerprint density at radius 2 is 1.75 bits per heavy atom. The second-order valence-electron chi connectivity index (χ2n) is 3.15. The number of anilines is 1. The van der Waals surface area contributed by atoms with Crippen LogP contribution in [-0.4, -0.2) is 12.3 Å². The van der Waals surface area contributed by atoms with Gasteiger partial charge in [0.1, 0.15) is 0 Å². The molecule has 1 aliphatic heterocycles. The van der Waals surface area contributed by atoms with Gasteiger partial charge in [-0.15, -0.1) is 0 Å². The topological polar surface area (TPSA) is 29.1 Å². The molecule has 16 heavy (non-hydrogen) atoms. The van der Waals surface area contributed by atoms with Crippen molar-refractivity contribution in [3.8, 4) is 0 Å². The van der Waals surface area contributed by atoms with Gasteiger partial charge in [0.2, 0.25) is 0 Å². The fourth-order valence-electron chi connectivity index (χ4n) is 1.49. The van der Waals surface area contributed by atoms with Gasteiger partial charge in [-0.05, 0) is 19.1 Å². The first kappa shape index (κ1) is 14.7. The molecule has 0 spiro atoms. The zero-order valence-corrected chi connectivity index (χ0v) is 11.1. The van der Waals surface area contributed by atoms with Crippen molar-refractivity contribution >= 4 is 11.5 Å². The molecule has 2 heteroatoms. The summed E-state index contributed by atoms with van der Waals surface area (Å²) in [5, 5.41) is 3.20. The standard InChI is InChI=1S/C10H11NO.2C2H6/c1-7-2-3-9-8(6-7)10(12)4-5-11-9;2*1-2/h2-3,6,11H,4-5H2,1H3;2*1-2H3. The molecule has 2 nitrogen and oxygen atoms in total. The van der Waals surface area contributed by atoms with Crippen molar-refractivity contribution in [2.24, 2.45) is 0 Å². The van der Waals surface area contributed by atoms with Crippen LogP contribution >= 0.6 is 0 Å². The van der Waals surface area contributed by atoms with Crippen molar-refractivity contribution in [1.82, 2.24) is 0 Å². The van der Waals surface area contributed by atoms with Gasteiger partial charge in [-0.25, -0.2) is 0 Å². The van der Waals surface area contributed by atoms with Crippen LogP contribution in [0.4, 0.5) is 5.69 Å². The lowest BCUT2D eigenvalue weighted by Gasteiger charge is -2.16. The summed E-state index contributed by atoms with van der Waals surface area (Å²) >= 11 is 0. The van der Waals surface area contributed by atoms with Crippen LogP contribution in [0.1, 0.15) is 50.0 Å². The third-order valence-corrected chi connectivity index (χ3v) is 2.14. The average molecular weight is 221 g/mol. The Kier molecular flexibility index (Phi) is 7.27. The van der Waals surface area contributed by atoms with Crippen molar-refractivity contribution < 1.29 is 4.79 Å². The second kappa shape index (κ2) is 7.91. The first-order valence-corrected chi connectivity index (χ1v) is 6.15. The number of hydrogen-bond acceptors (Lipinski definition) is 2. The van der Waals surface area contributed by atoms with Gasteiger partial charge < -0.3 is 5.32 Å². The van der Waals surface area contributed by atoms with Crippen molar-refractivity contribution in [2.45, 2.75) is 41.0 Å². The largest absolute Gasteiger partial charge is 0.384 e. The van der Waals surface area contributed by atoms with Crippen LogP contribution < -0.4 is 5.32 Å². The van der Waals surface area contributed by atoms with Crippen molar-refractivity contribution in [2.75, 3.05) is 11.9 Å². The quantitative estimate of drug-likeness (QED) is 0.716. The van der Waals surface area contributed by atoms with E-state index in [1.165, 1.54) is 0 Å². The summed E-state index contributed by atoms with van der Waals surface area (Å²) in [5.41, 5.74) is 2.98. The maximum absolute atomic E-state index is 11.4. The van der Waals surface area contributed by atoms with Crippen LogP contribution in [-0.2, 0) is 0 Å². The molecule has 90 valence electrons. The third kappa shape index (κ3) is 3.69. The number of Topliss-reactive ketones (excluding diaryl/α,β-unsaturated/α-hetero) is 1. The number of hydrogen-bond donors (Lipinski definition) is 1. The zero-order chi connectivity index (χ0) is 12.6. The van der Waals surface area contributed by atoms with E-state index < -0.39 is 0 Å². The number of aryl methyl sites for hydroxylation is 1. The van der Waals surface area contributed by atoms with Crippen molar-refractivity contribution in [3.05, 3.63) is 29.3 Å². The molecular formula is C14H23NO. The molecule has 0 fully saturated rings. The number of fused-ring (bicyclic) bond motifs is 1. The molecule has 0 radical (unpaired) electrons. The molecule has 0 bridgehead atoms. The Hall–Kier alpha value is -1.31. The van der Waals surface area contributed by atoms with E-state index in [0.29, 0.717) is 6.42 Å². The van der Waals surface area contributed by atoms with E-state index in [1.807, 2.05) is 52.8 Å². The lowest BCUT2D eigenvalue weighted by Crippen LogP contribution is -2.17. The molecule has 0 saturated heterocycles. The number of carbonyl (C=O) groups is 1. The summed E-state index contributed by atoms with van der Waals surface area (Å²) in [6.07, 6.45) is 0.621. The molecule has 0 amide bonds. The van der Waals surface area contributed by atoms with Gasteiger partial charge in [-0.2, -0.15) is 0 Å². The third-order valence-electron chi connectivity index (χ3n) is 2.14. The van der Waals surface area contributed by atoms with E-state index in [2.05, 4.69) is 5.32 Å². The molecule has 0 aromatic heterocycles. The molecule has 1 aromatic rings. The molecule has 1 heterocycles. The van der Waals surface area contributed by atoms with Gasteiger partial charge in [0.25, 0.3) is 0 Å². The Morgan fingerprint density at radius 1 is 1.12 bits per heavy atom. The Balaban J connectivity index is 0.000000509. The highest BCUT2D eigenvalue weighted by Crippen LogP contribution is 2.22. The summed E-state index contributed by atoms with van der Waals surface area (Å²) in [6.45, 7) is 10.8. The van der Waals surface area contributed by atoms with Crippen LogP contribution in [0, 0.1) is 6.92 Å². The molecule has 1 aromatic carbocycles. The first-order valence-electron chi connectivity index (χ1n) is 6.15. The SMILES string of the molecule is CC.CC.Cc1ccc2c(c1)C(=O)CCN2. The maximum atomic E-state index is 11.4. The predicted molar refractivity (Wildman–Crippen MR) is 71.3 cm³/mol. The summed E-state index contributed by atoms with van der Waals surface area (Å²) in [6, 6.07) is 5.94. The van der Waals surface area contributed by atoms with E-state index in [9.17, 15) is 4.79 Å². The van der Waals surface area contributed by atoms with E-state index in [-0.39, 0.29) is 5.78 Å². The van der Waals surface area contributed by atoms with E-state index in [1.54, 1.807) is 0 Å². The summed E-state index contributed by atoms with van der Waals surface area (Å²) in [5.74, 6) is 0.257. The Morgan fingerprint density at radius 3 is 2.38 bits per heavy atom. The van der Waals surface area contributed by atoms with Gasteiger partial charge >= 0.3 is 0 Å². The smallest absolute Gasteiger partial charge is 0.166 e. The van der Waals surface area contributed by atoms with Gasteiger partial charge in [-0.3, -0.25) is 4.79 Å². The number of nitrogens with one attached hydrogen (secondary N) is 1. The highest BCUT2D eigenvalue weighted by molar-refractivity contribution is 6.03. The average Bonchev–Trinajstić information content (AvgIpc) is 2.35. The number of benzene rings is 1. The molecule has 0 aliphatic carbocycles. The minimum atomic E-state index is 0.257. The van der Waals surface area contributed by atoms with Crippen LogP contribution in [0.5, 0.6) is 0 Å². The van der Waals surface area contributed by atoms with Crippen LogP contribution in [0.15, 0.2) is 18.2 Å². The lowest BCUT2D eigenvalue weighted by atomic mass is 10.0. The van der Waals surface area contributed by atoms with Crippen molar-refractivity contribution in [1.29, 1.82) is 0 Å². The predicted octanol–water partition coefficient (Wildman–Crippen LogP) is 4.05. The summed E-state index contributed by atoms with van der Waals surface area (Å²) < 4.78 is 0. The van der Waals surface area contributed by atoms with Gasteiger partial charge in [0.15, 0.2) is 5.78 Å². The van der Waals surface area contributed by atoms with Crippen LogP contribution in [0.25, 0.3) is 0 Å². The molecule has 0 saturated carbocycles. The Labute approximate surface area is 99.1 Å². The zero-order valence-electron chi connectivity index (χ0n) is 11.1. The molecule has 0 atom stereocenters. The van der Waals surface area contributed by atoms with Crippen LogP contribution in [0.2, 0.25) is 0 Å². The number of rotatable bonds is 0. The van der Waals surface area contributed by atoms with E-state index in [0.717, 1.165) is 23.4 Å². The summed E-state index contributed by atoms with van der Waals surface area (Å²) in [7, 11) is 0. The fraction of sp³-hybridized carbons (Fsp3) is 0.500. The van der Waals surface area contributed by atoms with Crippen molar-refractivity contribution in [3.63, 3.8) is 0 Å². The minimum absolute atomic E-state index is 0.257. The number of ketones is 1. The monoisotopic (exact) mass is 221 g/mol. The molecule has 1 aliphatic rings. The van der Waals surface area contributed by atoms with Gasteiger partial charge in [-0.1, -0.05) is 39.3 Å². The fourth-order valence-corrected chi connectivity index (χ4v) is 1.49. The number of carbonyl (C=O) groups excluding carboxylic acids is 1. The van der Waals surface area contributed by atoms with E-state index in [4.69, 9.17) is 0 Å². The van der Waals surface area contributed by atoms with Crippen LogP contribution in [0.3, 0.4) is 0 Å². The summed E-state index contributed by atoms with van der Waals surface area (Å²) in [4.78, 5) is 11.4. The minimum Gasteiger partial charge on any atom is -0.384 e. The van der Waals surface area contributed by atoms with Gasteiger partial charge in [0, 0.05) is 24.2 Å². The normalized spacial score (nSPS) is 12.2. The second-order valence-corrected chi connectivity index (χ2v) is 3.15. The highest BCUT2D eigenvalue weighted by Gasteiger charge is 2.15. The lowest BCUT2D eigenvalue weighted by molar-refractivity contribution is 0.0983. The molecular weight excluding hydrogens is 198 g/mol. The Bertz CT molecular complexity index is 332. The molecule has 0 unspecified atom stereocenters.